The minimum Gasteiger partial charge on any atom is -0.506 e. The molecule has 1 atom stereocenters. The monoisotopic (exact) mass is 307 g/mol. The Hall–Kier alpha value is -2.01. The third-order valence-corrected chi connectivity index (χ3v) is 3.61. The fraction of sp³-hybridized carbons (Fsp3) is 0.333. The molecule has 0 aliphatic rings. The summed E-state index contributed by atoms with van der Waals surface area (Å²) in [6.07, 6.45) is 4.45. The molecule has 21 heavy (non-hydrogen) atoms. The number of nitrogens with one attached hydrogen (secondary N) is 1. The van der Waals surface area contributed by atoms with E-state index in [0.717, 1.165) is 18.5 Å². The van der Waals surface area contributed by atoms with E-state index in [1.807, 2.05) is 24.7 Å². The maximum absolute atomic E-state index is 12.2. The van der Waals surface area contributed by atoms with Crippen LogP contribution in [0.3, 0.4) is 0 Å². The van der Waals surface area contributed by atoms with Crippen LogP contribution in [-0.2, 0) is 6.54 Å². The van der Waals surface area contributed by atoms with Gasteiger partial charge in [-0.3, -0.25) is 9.48 Å². The number of carbonyl (C=O) groups excluding carboxylic acids is 1. The van der Waals surface area contributed by atoms with Crippen molar-refractivity contribution in [2.24, 2.45) is 0 Å². The molecule has 0 bridgehead atoms. The number of hydrogen-bond acceptors (Lipinski definition) is 3. The van der Waals surface area contributed by atoms with Crippen molar-refractivity contribution in [3.8, 4) is 5.75 Å². The molecule has 2 N–H and O–H groups in total. The van der Waals surface area contributed by atoms with Crippen LogP contribution >= 0.6 is 11.6 Å². The van der Waals surface area contributed by atoms with Gasteiger partial charge in [0.25, 0.3) is 5.91 Å². The molecule has 0 radical (unpaired) electrons. The van der Waals surface area contributed by atoms with E-state index in [-0.39, 0.29) is 22.7 Å². The van der Waals surface area contributed by atoms with Gasteiger partial charge in [-0.2, -0.15) is 5.10 Å². The minimum atomic E-state index is -0.229. The van der Waals surface area contributed by atoms with E-state index < -0.39 is 0 Å². The van der Waals surface area contributed by atoms with Crippen LogP contribution < -0.4 is 5.32 Å². The zero-order chi connectivity index (χ0) is 15.4. The van der Waals surface area contributed by atoms with Crippen molar-refractivity contribution >= 4 is 17.5 Å². The summed E-state index contributed by atoms with van der Waals surface area (Å²) < 4.78 is 1.82. The van der Waals surface area contributed by atoms with Gasteiger partial charge in [0.2, 0.25) is 0 Å². The van der Waals surface area contributed by atoms with Crippen LogP contribution in [0.15, 0.2) is 30.6 Å². The molecule has 0 aliphatic carbocycles. The van der Waals surface area contributed by atoms with Crippen LogP contribution in [-0.4, -0.2) is 20.8 Å². The van der Waals surface area contributed by atoms with E-state index in [9.17, 15) is 9.90 Å². The zero-order valence-electron chi connectivity index (χ0n) is 12.0. The first-order chi connectivity index (χ1) is 10.0. The van der Waals surface area contributed by atoms with Gasteiger partial charge in [-0.25, -0.2) is 0 Å². The Balaban J connectivity index is 2.13. The Morgan fingerprint density at radius 3 is 2.81 bits per heavy atom. The molecular formula is C15H18ClN3O2. The third-order valence-electron chi connectivity index (χ3n) is 3.30. The van der Waals surface area contributed by atoms with Crippen LogP contribution in [0.25, 0.3) is 0 Å². The van der Waals surface area contributed by atoms with Crippen molar-refractivity contribution in [2.45, 2.75) is 32.9 Å². The van der Waals surface area contributed by atoms with E-state index >= 15 is 0 Å². The van der Waals surface area contributed by atoms with E-state index in [2.05, 4.69) is 10.4 Å². The minimum absolute atomic E-state index is 0.0375. The van der Waals surface area contributed by atoms with Gasteiger partial charge in [-0.1, -0.05) is 18.5 Å². The van der Waals surface area contributed by atoms with E-state index in [1.54, 1.807) is 12.3 Å². The molecule has 1 heterocycles. The van der Waals surface area contributed by atoms with Crippen molar-refractivity contribution in [2.75, 3.05) is 0 Å². The summed E-state index contributed by atoms with van der Waals surface area (Å²) in [5, 5.41) is 16.7. The number of carbonyl (C=O) groups is 1. The summed E-state index contributed by atoms with van der Waals surface area (Å²) in [6, 6.07) is 4.30. The standard InChI is InChI=1S/C15H18ClN3O2/c1-3-13(11-8-17-19(4-2)9-11)18-15(21)10-5-6-14(20)12(16)7-10/h5-9,13,20H,3-4H2,1-2H3,(H,18,21)/t13-/m1/s1. The van der Waals surface area contributed by atoms with Gasteiger partial charge in [-0.05, 0) is 31.5 Å². The third kappa shape index (κ3) is 3.55. The number of aromatic hydroxyl groups is 1. The lowest BCUT2D eigenvalue weighted by molar-refractivity contribution is 0.0935. The van der Waals surface area contributed by atoms with Crippen molar-refractivity contribution in [3.05, 3.63) is 46.7 Å². The van der Waals surface area contributed by atoms with Crippen LogP contribution in [0.1, 0.15) is 42.2 Å². The fourth-order valence-corrected chi connectivity index (χ4v) is 2.22. The number of aromatic nitrogens is 2. The SMILES string of the molecule is CC[C@@H](NC(=O)c1ccc(O)c(Cl)c1)c1cnn(CC)c1. The van der Waals surface area contributed by atoms with E-state index in [0.29, 0.717) is 5.56 Å². The number of phenols is 1. The van der Waals surface area contributed by atoms with Crippen molar-refractivity contribution in [1.29, 1.82) is 0 Å². The summed E-state index contributed by atoms with van der Waals surface area (Å²) in [4.78, 5) is 12.2. The molecule has 0 fully saturated rings. The molecule has 1 aromatic carbocycles. The highest BCUT2D eigenvalue weighted by molar-refractivity contribution is 6.32. The summed E-state index contributed by atoms with van der Waals surface area (Å²) >= 11 is 5.82. The Morgan fingerprint density at radius 1 is 1.48 bits per heavy atom. The number of nitrogens with zero attached hydrogens (tertiary/aromatic N) is 2. The van der Waals surface area contributed by atoms with Gasteiger partial charge >= 0.3 is 0 Å². The number of hydrogen-bond donors (Lipinski definition) is 2. The number of halogens is 1. The highest BCUT2D eigenvalue weighted by Crippen LogP contribution is 2.24. The largest absolute Gasteiger partial charge is 0.506 e. The second kappa shape index (κ2) is 6.63. The van der Waals surface area contributed by atoms with Crippen LogP contribution in [0, 0.1) is 0 Å². The Kier molecular flexibility index (Phi) is 4.85. The highest BCUT2D eigenvalue weighted by atomic mass is 35.5. The molecule has 112 valence electrons. The Labute approximate surface area is 128 Å². The van der Waals surface area contributed by atoms with Crippen LogP contribution in [0.2, 0.25) is 5.02 Å². The predicted octanol–water partition coefficient (Wildman–Crippen LogP) is 3.14. The molecule has 6 heteroatoms. The van der Waals surface area contributed by atoms with E-state index in [1.165, 1.54) is 12.1 Å². The number of phenolic OH excluding ortho intramolecular Hbond substituents is 1. The average Bonchev–Trinajstić information content (AvgIpc) is 2.96. The molecule has 0 saturated carbocycles. The lowest BCUT2D eigenvalue weighted by atomic mass is 10.1. The first kappa shape index (κ1) is 15.4. The first-order valence-corrected chi connectivity index (χ1v) is 7.24. The van der Waals surface area contributed by atoms with Crippen LogP contribution in [0.4, 0.5) is 0 Å². The molecular weight excluding hydrogens is 290 g/mol. The molecule has 1 aromatic heterocycles. The van der Waals surface area contributed by atoms with Gasteiger partial charge in [0.05, 0.1) is 17.3 Å². The normalized spacial score (nSPS) is 12.1. The topological polar surface area (TPSA) is 67.2 Å². The van der Waals surface area contributed by atoms with Gasteiger partial charge in [0, 0.05) is 23.9 Å². The Bertz CT molecular complexity index is 640. The number of amides is 1. The predicted molar refractivity (Wildman–Crippen MR) is 81.5 cm³/mol. The molecule has 2 rings (SSSR count). The van der Waals surface area contributed by atoms with Crippen LogP contribution in [0.5, 0.6) is 5.75 Å². The molecule has 0 aliphatic heterocycles. The molecule has 5 nitrogen and oxygen atoms in total. The molecule has 0 spiro atoms. The van der Waals surface area contributed by atoms with Crippen molar-refractivity contribution in [3.63, 3.8) is 0 Å². The lowest BCUT2D eigenvalue weighted by Gasteiger charge is -2.15. The van der Waals surface area contributed by atoms with Crippen molar-refractivity contribution in [1.82, 2.24) is 15.1 Å². The Morgan fingerprint density at radius 2 is 2.24 bits per heavy atom. The summed E-state index contributed by atoms with van der Waals surface area (Å²) in [6.45, 7) is 4.80. The van der Waals surface area contributed by atoms with E-state index in [4.69, 9.17) is 11.6 Å². The average molecular weight is 308 g/mol. The number of benzene rings is 1. The van der Waals surface area contributed by atoms with Crippen molar-refractivity contribution < 1.29 is 9.90 Å². The zero-order valence-corrected chi connectivity index (χ0v) is 12.8. The molecule has 0 saturated heterocycles. The molecule has 0 unspecified atom stereocenters. The number of aryl methyl sites for hydroxylation is 1. The smallest absolute Gasteiger partial charge is 0.251 e. The first-order valence-electron chi connectivity index (χ1n) is 6.86. The second-order valence-electron chi connectivity index (χ2n) is 4.73. The quantitative estimate of drug-likeness (QED) is 0.891. The van der Waals surface area contributed by atoms with Gasteiger partial charge in [-0.15, -0.1) is 0 Å². The van der Waals surface area contributed by atoms with Gasteiger partial charge < -0.3 is 10.4 Å². The molecule has 2 aromatic rings. The maximum atomic E-state index is 12.2. The highest BCUT2D eigenvalue weighted by Gasteiger charge is 2.16. The van der Waals surface area contributed by atoms with Gasteiger partial charge in [0.15, 0.2) is 0 Å². The lowest BCUT2D eigenvalue weighted by Crippen LogP contribution is -2.27. The fourth-order valence-electron chi connectivity index (χ4n) is 2.04. The summed E-state index contributed by atoms with van der Waals surface area (Å²) in [5.74, 6) is -0.266. The number of rotatable bonds is 5. The summed E-state index contributed by atoms with van der Waals surface area (Å²) in [7, 11) is 0. The van der Waals surface area contributed by atoms with Gasteiger partial charge in [0.1, 0.15) is 5.75 Å². The summed E-state index contributed by atoms with van der Waals surface area (Å²) in [5.41, 5.74) is 1.39. The maximum Gasteiger partial charge on any atom is 0.251 e. The second-order valence-corrected chi connectivity index (χ2v) is 5.14. The molecule has 1 amide bonds.